The molecule has 0 amide bonds. The van der Waals surface area contributed by atoms with E-state index in [1.54, 1.807) is 0 Å². The van der Waals surface area contributed by atoms with Gasteiger partial charge in [0.15, 0.2) is 0 Å². The van der Waals surface area contributed by atoms with Gasteiger partial charge in [0.05, 0.1) is 78.8 Å². The zero-order chi connectivity index (χ0) is 19.3. The van der Waals surface area contributed by atoms with Crippen LogP contribution < -0.4 is 0 Å². The van der Waals surface area contributed by atoms with Crippen molar-refractivity contribution in [3.05, 3.63) is 12.7 Å². The third kappa shape index (κ3) is 21.0. The van der Waals surface area contributed by atoms with Crippen LogP contribution in [-0.4, -0.2) is 91.4 Å². The lowest BCUT2D eigenvalue weighted by Gasteiger charge is -2.09. The highest BCUT2D eigenvalue weighted by Crippen LogP contribution is 1.88. The van der Waals surface area contributed by atoms with Crippen LogP contribution in [0.3, 0.4) is 0 Å². The van der Waals surface area contributed by atoms with Crippen LogP contribution >= 0.6 is 0 Å². The Morgan fingerprint density at radius 1 is 0.692 bits per heavy atom. The molecule has 0 aliphatic rings. The first-order chi connectivity index (χ1) is 12.7. The molecule has 0 atom stereocenters. The molecule has 0 aromatic heterocycles. The zero-order valence-electron chi connectivity index (χ0n) is 16.1. The molecule has 0 bridgehead atoms. The van der Waals surface area contributed by atoms with Gasteiger partial charge in [-0.1, -0.05) is 6.58 Å². The van der Waals surface area contributed by atoms with Crippen molar-refractivity contribution < 1.29 is 38.0 Å². The first kappa shape index (κ1) is 25.0. The fourth-order valence-electron chi connectivity index (χ4n) is 1.58. The largest absolute Gasteiger partial charge is 0.460 e. The van der Waals surface area contributed by atoms with Crippen molar-refractivity contribution in [2.75, 3.05) is 79.3 Å². The maximum Gasteiger partial charge on any atom is 0.330 e. The summed E-state index contributed by atoms with van der Waals surface area (Å²) in [6.45, 7) is 13.1. The summed E-state index contributed by atoms with van der Waals surface area (Å²) in [6.07, 6.45) is 1.35. The average molecular weight is 378 g/mol. The van der Waals surface area contributed by atoms with Crippen molar-refractivity contribution in [1.29, 1.82) is 0 Å². The third-order valence-corrected chi connectivity index (χ3v) is 2.81. The quantitative estimate of drug-likeness (QED) is 0.178. The van der Waals surface area contributed by atoms with Gasteiger partial charge < -0.3 is 33.2 Å². The zero-order valence-corrected chi connectivity index (χ0v) is 16.1. The van der Waals surface area contributed by atoms with E-state index in [2.05, 4.69) is 6.58 Å². The van der Waals surface area contributed by atoms with Crippen LogP contribution in [0, 0.1) is 0 Å². The van der Waals surface area contributed by atoms with Gasteiger partial charge in [0.1, 0.15) is 6.61 Å². The van der Waals surface area contributed by atoms with Crippen molar-refractivity contribution in [1.82, 2.24) is 0 Å². The first-order valence-electron chi connectivity index (χ1n) is 8.96. The van der Waals surface area contributed by atoms with Crippen LogP contribution in [0.4, 0.5) is 0 Å². The van der Waals surface area contributed by atoms with Gasteiger partial charge in [-0.15, -0.1) is 0 Å². The second-order valence-electron chi connectivity index (χ2n) is 5.35. The van der Waals surface area contributed by atoms with Gasteiger partial charge >= 0.3 is 5.97 Å². The Hall–Kier alpha value is -1.03. The fraction of sp³-hybridized carbons (Fsp3) is 0.833. The summed E-state index contributed by atoms with van der Waals surface area (Å²) < 4.78 is 36.8. The molecule has 0 radical (unpaired) electrons. The molecule has 8 heteroatoms. The Morgan fingerprint density at radius 3 is 1.38 bits per heavy atom. The number of carbonyl (C=O) groups is 1. The minimum atomic E-state index is -0.449. The smallest absolute Gasteiger partial charge is 0.330 e. The highest BCUT2D eigenvalue weighted by molar-refractivity contribution is 5.81. The van der Waals surface area contributed by atoms with Gasteiger partial charge in [-0.3, -0.25) is 0 Å². The van der Waals surface area contributed by atoms with Crippen LogP contribution in [-0.2, 0) is 38.0 Å². The summed E-state index contributed by atoms with van der Waals surface area (Å²) in [7, 11) is 0. The van der Waals surface area contributed by atoms with E-state index in [1.165, 1.54) is 0 Å². The van der Waals surface area contributed by atoms with E-state index < -0.39 is 5.97 Å². The molecule has 0 saturated heterocycles. The van der Waals surface area contributed by atoms with E-state index in [0.717, 1.165) is 6.08 Å². The molecule has 8 nitrogen and oxygen atoms in total. The molecule has 0 fully saturated rings. The van der Waals surface area contributed by atoms with Crippen LogP contribution in [0.15, 0.2) is 12.7 Å². The molecule has 0 unspecified atom stereocenters. The molecule has 0 heterocycles. The average Bonchev–Trinajstić information content (AvgIpc) is 2.63. The summed E-state index contributed by atoms with van der Waals surface area (Å²) in [5.74, 6) is -0.449. The van der Waals surface area contributed by atoms with Crippen molar-refractivity contribution >= 4 is 5.97 Å². The third-order valence-electron chi connectivity index (χ3n) is 2.81. The predicted octanol–water partition coefficient (Wildman–Crippen LogP) is 1.22. The maximum atomic E-state index is 10.7. The monoisotopic (exact) mass is 378 g/mol. The Bertz CT molecular complexity index is 322. The molecule has 0 N–H and O–H groups in total. The van der Waals surface area contributed by atoms with Gasteiger partial charge in [-0.05, 0) is 13.8 Å². The van der Waals surface area contributed by atoms with Crippen molar-refractivity contribution in [2.45, 2.75) is 20.0 Å². The first-order valence-corrected chi connectivity index (χ1v) is 8.96. The molecule has 0 aliphatic heterocycles. The van der Waals surface area contributed by atoms with E-state index in [0.29, 0.717) is 72.7 Å². The molecule has 0 rings (SSSR count). The molecule has 0 aliphatic carbocycles. The Morgan fingerprint density at radius 2 is 1.04 bits per heavy atom. The van der Waals surface area contributed by atoms with Gasteiger partial charge in [0, 0.05) is 6.08 Å². The van der Waals surface area contributed by atoms with Gasteiger partial charge in [0.25, 0.3) is 0 Å². The van der Waals surface area contributed by atoms with Gasteiger partial charge in [0.2, 0.25) is 0 Å². The van der Waals surface area contributed by atoms with Crippen molar-refractivity contribution in [2.24, 2.45) is 0 Å². The number of hydrogen-bond donors (Lipinski definition) is 0. The lowest BCUT2D eigenvalue weighted by atomic mass is 10.5. The number of esters is 1. The second-order valence-corrected chi connectivity index (χ2v) is 5.35. The van der Waals surface area contributed by atoms with Crippen LogP contribution in [0.2, 0.25) is 0 Å². The van der Waals surface area contributed by atoms with E-state index in [4.69, 9.17) is 33.2 Å². The van der Waals surface area contributed by atoms with Crippen LogP contribution in [0.5, 0.6) is 0 Å². The lowest BCUT2D eigenvalue weighted by molar-refractivity contribution is -0.139. The standard InChI is InChI=1S/C18H34O8/c1-4-18(19)26-16-14-24-12-10-22-8-6-20-5-7-21-9-11-23-13-15-25-17(2)3/h4,17H,1,5-16H2,2-3H3. The minimum Gasteiger partial charge on any atom is -0.460 e. The maximum absolute atomic E-state index is 10.7. The fourth-order valence-corrected chi connectivity index (χ4v) is 1.58. The summed E-state index contributed by atoms with van der Waals surface area (Å²) in [6, 6.07) is 0. The normalized spacial score (nSPS) is 11.0. The topological polar surface area (TPSA) is 81.7 Å². The molecule has 0 spiro atoms. The van der Waals surface area contributed by atoms with Crippen molar-refractivity contribution in [3.63, 3.8) is 0 Å². The highest BCUT2D eigenvalue weighted by Gasteiger charge is 1.96. The van der Waals surface area contributed by atoms with Crippen molar-refractivity contribution in [3.8, 4) is 0 Å². The summed E-state index contributed by atoms with van der Waals surface area (Å²) in [4.78, 5) is 10.7. The Kier molecular flexibility index (Phi) is 19.5. The number of rotatable bonds is 20. The minimum absolute atomic E-state index is 0.213. The van der Waals surface area contributed by atoms with Gasteiger partial charge in [-0.25, -0.2) is 4.79 Å². The molecule has 0 aromatic rings. The number of hydrogen-bond acceptors (Lipinski definition) is 8. The highest BCUT2D eigenvalue weighted by atomic mass is 16.6. The molecule has 154 valence electrons. The summed E-state index contributed by atoms with van der Waals surface area (Å²) >= 11 is 0. The molecular weight excluding hydrogens is 344 g/mol. The second kappa shape index (κ2) is 20.3. The summed E-state index contributed by atoms with van der Waals surface area (Å²) in [5.41, 5.74) is 0. The summed E-state index contributed by atoms with van der Waals surface area (Å²) in [5, 5.41) is 0. The molecule has 26 heavy (non-hydrogen) atoms. The Balaban J connectivity index is 3.03. The van der Waals surface area contributed by atoms with E-state index in [9.17, 15) is 4.79 Å². The molecule has 0 saturated carbocycles. The number of ether oxygens (including phenoxy) is 7. The van der Waals surface area contributed by atoms with Gasteiger partial charge in [-0.2, -0.15) is 0 Å². The van der Waals surface area contributed by atoms with E-state index >= 15 is 0 Å². The SMILES string of the molecule is C=CC(=O)OCCOCCOCCOCCOCCOCCOC(C)C. The van der Waals surface area contributed by atoms with E-state index in [-0.39, 0.29) is 12.7 Å². The number of carbonyl (C=O) groups excluding carboxylic acids is 1. The van der Waals surface area contributed by atoms with Crippen LogP contribution in [0.25, 0.3) is 0 Å². The van der Waals surface area contributed by atoms with Crippen LogP contribution in [0.1, 0.15) is 13.8 Å². The molecule has 0 aromatic carbocycles. The lowest BCUT2D eigenvalue weighted by Crippen LogP contribution is -2.15. The Labute approximate surface area is 156 Å². The van der Waals surface area contributed by atoms with E-state index in [1.807, 2.05) is 13.8 Å². The molecular formula is C18H34O8. The predicted molar refractivity (Wildman–Crippen MR) is 96.3 cm³/mol.